The van der Waals surface area contributed by atoms with Crippen LogP contribution in [0.5, 0.6) is 0 Å². The monoisotopic (exact) mass is 460 g/mol. The molecule has 1 N–H and O–H groups in total. The van der Waals surface area contributed by atoms with Crippen molar-refractivity contribution in [2.45, 2.75) is 0 Å². The Morgan fingerprint density at radius 3 is 1.83 bits per heavy atom. The molecule has 0 bridgehead atoms. The molecule has 7 rings (SSSR count). The largest absolute Gasteiger partial charge is 0.309 e. The number of aromatic nitrogens is 2. The molecular formula is C32H20N4. The number of fused-ring (bicyclic) bond motifs is 7. The molecule has 0 atom stereocenters. The first-order chi connectivity index (χ1) is 17.8. The zero-order valence-corrected chi connectivity index (χ0v) is 19.3. The minimum atomic E-state index is 0.572. The molecule has 168 valence electrons. The summed E-state index contributed by atoms with van der Waals surface area (Å²) in [5, 5.41) is 22.4. The maximum Gasteiger partial charge on any atom is 0.0992 e. The molecule has 0 aliphatic carbocycles. The van der Waals surface area contributed by atoms with Gasteiger partial charge in [-0.15, -0.1) is 0 Å². The molecule has 0 aliphatic rings. The quantitative estimate of drug-likeness (QED) is 0.269. The minimum Gasteiger partial charge on any atom is -0.309 e. The summed E-state index contributed by atoms with van der Waals surface area (Å²) in [6.45, 7) is 0. The summed E-state index contributed by atoms with van der Waals surface area (Å²) >= 11 is 0. The van der Waals surface area contributed by atoms with E-state index in [4.69, 9.17) is 5.41 Å². The Balaban J connectivity index is 1.72. The highest BCUT2D eigenvalue weighted by Crippen LogP contribution is 2.42. The first-order valence-electron chi connectivity index (χ1n) is 11.9. The lowest BCUT2D eigenvalue weighted by Crippen LogP contribution is -2.00. The number of rotatable bonds is 3. The zero-order valence-electron chi connectivity index (χ0n) is 19.3. The number of nitriles is 1. The molecule has 0 spiro atoms. The normalized spacial score (nSPS) is 11.4. The zero-order chi connectivity index (χ0) is 24.2. The fourth-order valence-corrected chi connectivity index (χ4v) is 5.56. The SMILES string of the molecule is N#Cc1ccc(C=N)c(-n2c3ccccc3c3c4c5ccccc5n(-c5ccccc5)c4ccc32)c1. The number of hydrogen-bond acceptors (Lipinski definition) is 2. The molecular weight excluding hydrogens is 440 g/mol. The predicted octanol–water partition coefficient (Wildman–Crippen LogP) is 7.75. The Morgan fingerprint density at radius 1 is 0.611 bits per heavy atom. The third-order valence-corrected chi connectivity index (χ3v) is 7.04. The van der Waals surface area contributed by atoms with Gasteiger partial charge in [0.05, 0.1) is 39.4 Å². The Bertz CT molecular complexity index is 2020. The van der Waals surface area contributed by atoms with Crippen molar-refractivity contribution in [1.29, 1.82) is 10.7 Å². The van der Waals surface area contributed by atoms with E-state index in [0.717, 1.165) is 44.4 Å². The van der Waals surface area contributed by atoms with Crippen molar-refractivity contribution in [3.63, 3.8) is 0 Å². The fraction of sp³-hybridized carbons (Fsp3) is 0. The third kappa shape index (κ3) is 2.71. The standard InChI is InChI=1S/C32H20N4/c33-19-21-14-15-22(20-34)30(18-21)36-27-13-7-5-11-25(27)32-29(36)17-16-28-31(32)24-10-4-6-12-26(24)35(28)23-8-2-1-3-9-23/h1-18,20,34H. The van der Waals surface area contributed by atoms with Crippen LogP contribution in [0.1, 0.15) is 11.1 Å². The van der Waals surface area contributed by atoms with Gasteiger partial charge >= 0.3 is 0 Å². The molecule has 5 aromatic carbocycles. The summed E-state index contributed by atoms with van der Waals surface area (Å²) in [6, 6.07) is 39.5. The number of nitrogens with one attached hydrogen (secondary N) is 1. The number of para-hydroxylation sites is 3. The van der Waals surface area contributed by atoms with E-state index in [1.165, 1.54) is 22.4 Å². The summed E-state index contributed by atoms with van der Waals surface area (Å²) in [5.74, 6) is 0. The van der Waals surface area contributed by atoms with Gasteiger partial charge < -0.3 is 14.5 Å². The lowest BCUT2D eigenvalue weighted by molar-refractivity contribution is 1.17. The average Bonchev–Trinajstić information content (AvgIpc) is 3.46. The second-order valence-corrected chi connectivity index (χ2v) is 8.92. The van der Waals surface area contributed by atoms with Crippen LogP contribution in [0.25, 0.3) is 55.0 Å². The Morgan fingerprint density at radius 2 is 1.19 bits per heavy atom. The third-order valence-electron chi connectivity index (χ3n) is 7.04. The lowest BCUT2D eigenvalue weighted by atomic mass is 10.1. The van der Waals surface area contributed by atoms with Crippen LogP contribution in [0.15, 0.2) is 109 Å². The topological polar surface area (TPSA) is 57.5 Å². The smallest absolute Gasteiger partial charge is 0.0992 e. The molecule has 0 saturated heterocycles. The average molecular weight is 461 g/mol. The van der Waals surface area contributed by atoms with Gasteiger partial charge in [0.25, 0.3) is 0 Å². The van der Waals surface area contributed by atoms with Crippen molar-refractivity contribution in [2.24, 2.45) is 0 Å². The highest BCUT2D eigenvalue weighted by Gasteiger charge is 2.21. The van der Waals surface area contributed by atoms with Gasteiger partial charge in [0, 0.05) is 39.0 Å². The van der Waals surface area contributed by atoms with Gasteiger partial charge in [-0.05, 0) is 48.5 Å². The molecule has 7 aromatic rings. The molecule has 4 heteroatoms. The first-order valence-corrected chi connectivity index (χ1v) is 11.9. The van der Waals surface area contributed by atoms with Crippen molar-refractivity contribution >= 4 is 49.8 Å². The molecule has 0 aliphatic heterocycles. The maximum absolute atomic E-state index is 9.60. The Kier molecular flexibility index (Phi) is 4.33. The highest BCUT2D eigenvalue weighted by atomic mass is 15.0. The van der Waals surface area contributed by atoms with Gasteiger partial charge in [-0.2, -0.15) is 5.26 Å². The molecule has 4 nitrogen and oxygen atoms in total. The van der Waals surface area contributed by atoms with Gasteiger partial charge in [0.15, 0.2) is 0 Å². The number of nitrogens with zero attached hydrogens (tertiary/aromatic N) is 3. The molecule has 0 fully saturated rings. The van der Waals surface area contributed by atoms with E-state index in [9.17, 15) is 5.26 Å². The molecule has 2 heterocycles. The summed E-state index contributed by atoms with van der Waals surface area (Å²) in [6.07, 6.45) is 1.36. The van der Waals surface area contributed by atoms with E-state index in [0.29, 0.717) is 5.56 Å². The van der Waals surface area contributed by atoms with Crippen molar-refractivity contribution in [3.8, 4) is 17.4 Å². The van der Waals surface area contributed by atoms with Crippen molar-refractivity contribution in [2.75, 3.05) is 0 Å². The fourth-order valence-electron chi connectivity index (χ4n) is 5.56. The van der Waals surface area contributed by atoms with Crippen LogP contribution in [0.3, 0.4) is 0 Å². The molecule has 0 unspecified atom stereocenters. The molecule has 36 heavy (non-hydrogen) atoms. The van der Waals surface area contributed by atoms with Crippen LogP contribution >= 0.6 is 0 Å². The summed E-state index contributed by atoms with van der Waals surface area (Å²) in [4.78, 5) is 0. The van der Waals surface area contributed by atoms with E-state index in [2.05, 4.69) is 94.1 Å². The van der Waals surface area contributed by atoms with Crippen LogP contribution < -0.4 is 0 Å². The summed E-state index contributed by atoms with van der Waals surface area (Å²) < 4.78 is 4.52. The summed E-state index contributed by atoms with van der Waals surface area (Å²) in [7, 11) is 0. The first kappa shape index (κ1) is 20.3. The van der Waals surface area contributed by atoms with Crippen LogP contribution in [0.2, 0.25) is 0 Å². The molecule has 0 radical (unpaired) electrons. The van der Waals surface area contributed by atoms with E-state index >= 15 is 0 Å². The molecule has 0 amide bonds. The van der Waals surface area contributed by atoms with Crippen molar-refractivity contribution < 1.29 is 0 Å². The maximum atomic E-state index is 9.60. The van der Waals surface area contributed by atoms with E-state index in [1.807, 2.05) is 24.3 Å². The number of hydrogen-bond donors (Lipinski definition) is 1. The van der Waals surface area contributed by atoms with Crippen LogP contribution in [-0.2, 0) is 0 Å². The molecule has 2 aromatic heterocycles. The van der Waals surface area contributed by atoms with E-state index in [1.54, 1.807) is 6.07 Å². The lowest BCUT2D eigenvalue weighted by Gasteiger charge is -2.12. The van der Waals surface area contributed by atoms with Crippen molar-refractivity contribution in [3.05, 3.63) is 120 Å². The van der Waals surface area contributed by atoms with Gasteiger partial charge in [-0.3, -0.25) is 0 Å². The highest BCUT2D eigenvalue weighted by molar-refractivity contribution is 6.29. The van der Waals surface area contributed by atoms with E-state index < -0.39 is 0 Å². The Hall–Kier alpha value is -5.14. The predicted molar refractivity (Wildman–Crippen MR) is 148 cm³/mol. The van der Waals surface area contributed by atoms with Gasteiger partial charge in [0.1, 0.15) is 0 Å². The molecule has 0 saturated carbocycles. The van der Waals surface area contributed by atoms with Crippen LogP contribution in [-0.4, -0.2) is 15.3 Å². The van der Waals surface area contributed by atoms with Gasteiger partial charge in [-0.25, -0.2) is 0 Å². The van der Waals surface area contributed by atoms with Crippen LogP contribution in [0, 0.1) is 16.7 Å². The second kappa shape index (κ2) is 7.69. The van der Waals surface area contributed by atoms with Crippen molar-refractivity contribution in [1.82, 2.24) is 9.13 Å². The number of benzene rings is 5. The minimum absolute atomic E-state index is 0.572. The Labute approximate surface area is 207 Å². The van der Waals surface area contributed by atoms with Gasteiger partial charge in [0.2, 0.25) is 0 Å². The van der Waals surface area contributed by atoms with E-state index in [-0.39, 0.29) is 0 Å². The van der Waals surface area contributed by atoms with Gasteiger partial charge in [-0.1, -0.05) is 60.7 Å². The second-order valence-electron chi connectivity index (χ2n) is 8.92. The van der Waals surface area contributed by atoms with Crippen LogP contribution in [0.4, 0.5) is 0 Å². The summed E-state index contributed by atoms with van der Waals surface area (Å²) in [5.41, 5.74) is 7.71.